The number of hydrogen-bond acceptors (Lipinski definition) is 4. The summed E-state index contributed by atoms with van der Waals surface area (Å²) >= 11 is 17.4. The van der Waals surface area contributed by atoms with E-state index in [1.165, 1.54) is 66.8 Å². The van der Waals surface area contributed by atoms with E-state index in [4.69, 9.17) is 17.7 Å². The van der Waals surface area contributed by atoms with Crippen LogP contribution in [0.4, 0.5) is 0 Å². The molecule has 4 nitrogen and oxygen atoms in total. The lowest BCUT2D eigenvalue weighted by Crippen LogP contribution is -2.50. The van der Waals surface area contributed by atoms with Gasteiger partial charge in [0.2, 0.25) is 0 Å². The lowest BCUT2D eigenvalue weighted by atomic mass is 9.78. The maximum absolute atomic E-state index is 7.97. The van der Waals surface area contributed by atoms with E-state index < -0.39 is 33.3 Å². The second kappa shape index (κ2) is 41.8. The van der Waals surface area contributed by atoms with Gasteiger partial charge in [0.15, 0.2) is 0 Å². The molecule has 0 bridgehead atoms. The molecule has 0 amide bonds. The number of hydrogen-bond donors (Lipinski definition) is 0. The summed E-state index contributed by atoms with van der Waals surface area (Å²) in [5.41, 5.74) is 19.8. The molecule has 123 heavy (non-hydrogen) atoms. The van der Waals surface area contributed by atoms with Gasteiger partial charge in [-0.05, 0) is 208 Å². The Morgan fingerprint density at radius 1 is 0.163 bits per heavy atom. The van der Waals surface area contributed by atoms with Gasteiger partial charge in [-0.25, -0.2) is 0 Å². The zero-order valence-electron chi connectivity index (χ0n) is 69.1. The molecule has 16 aromatic carbocycles. The summed E-state index contributed by atoms with van der Waals surface area (Å²) in [6, 6.07) is 169. The molecule has 0 aliphatic rings. The molecule has 12 heteroatoms. The average molecular weight is 1930 g/mol. The SMILES string of the molecule is Brc1cc(C(CC(c2ccc(O[Si](Cc3ccccc3)(Cc3ccccc3)Cc3ccccc3)c(Br)c2)c2ccc(O[Si](Cc3ccccc3)(Cc3ccccc3)Cc3ccccc3)c(Br)c2)c2ccc(O[Si](Cc3ccccc3)(Cc3ccccc3)Cc3ccccc3)c(Br)c2)ccc1O[Si](Cc1ccccc1)(Cc1ccccc1)Cc1ccccc1. The Labute approximate surface area is 765 Å². The topological polar surface area (TPSA) is 36.9 Å². The fraction of sp³-hybridized carbons (Fsp3) is 0.135. The van der Waals surface area contributed by atoms with Gasteiger partial charge < -0.3 is 17.7 Å². The van der Waals surface area contributed by atoms with Crippen molar-refractivity contribution in [3.05, 3.63) is 544 Å². The molecular weight excluding hydrogens is 1830 g/mol. The van der Waals surface area contributed by atoms with Crippen molar-refractivity contribution in [1.82, 2.24) is 0 Å². The van der Waals surface area contributed by atoms with Crippen LogP contribution in [0.3, 0.4) is 0 Å². The van der Waals surface area contributed by atoms with Gasteiger partial charge in [-0.15, -0.1) is 0 Å². The molecule has 0 saturated heterocycles. The van der Waals surface area contributed by atoms with Crippen molar-refractivity contribution >= 4 is 97.0 Å². The minimum atomic E-state index is -2.86. The summed E-state index contributed by atoms with van der Waals surface area (Å²) in [7, 11) is -11.5. The normalized spacial score (nSPS) is 11.8. The molecule has 0 aliphatic heterocycles. The average Bonchev–Trinajstić information content (AvgIpc) is 0.808. The predicted molar refractivity (Wildman–Crippen MR) is 532 cm³/mol. The lowest BCUT2D eigenvalue weighted by Gasteiger charge is -2.35. The van der Waals surface area contributed by atoms with E-state index in [-0.39, 0.29) is 11.8 Å². The number of benzene rings is 16. The zero-order valence-corrected chi connectivity index (χ0v) is 79.4. The first-order chi connectivity index (χ1) is 60.3. The molecule has 16 rings (SSSR count). The fourth-order valence-electron chi connectivity index (χ4n) is 18.2. The monoisotopic (exact) mass is 1920 g/mol. The van der Waals surface area contributed by atoms with Crippen LogP contribution >= 0.6 is 63.7 Å². The van der Waals surface area contributed by atoms with Gasteiger partial charge >= 0.3 is 0 Å². The molecular formula is C111H100Br4O4Si4. The highest BCUT2D eigenvalue weighted by atomic mass is 79.9. The second-order valence-corrected chi connectivity index (χ2v) is 51.1. The summed E-state index contributed by atoms with van der Waals surface area (Å²) in [4.78, 5) is 0. The van der Waals surface area contributed by atoms with E-state index in [0.717, 1.165) is 136 Å². The summed E-state index contributed by atoms with van der Waals surface area (Å²) in [6.07, 6.45) is 0.644. The standard InChI is InChI=1S/C111H100Br4O4Si4/c112-104-69-98(61-65-108(104)116-120(74-86-37-13-1-14-38-86,75-87-39-15-2-16-40-87)76-88-41-17-3-18-42-88)102(99-62-66-109(105(113)70-99)117-121(77-89-43-19-4-20-44-89,78-90-45-21-5-22-46-90)79-91-47-23-6-24-48-91)73-103(100-63-67-110(106(114)71-100)118-122(80-92-49-25-7-26-50-92,81-93-51-27-8-28-52-93)82-94-53-29-9-30-54-94)101-64-68-111(107(115)72-101)119-123(83-95-55-31-10-32-56-95,84-96-57-33-11-34-58-96)85-97-59-35-12-36-60-97/h1-72,102-103H,73-85H2. The minimum Gasteiger partial charge on any atom is -0.542 e. The van der Waals surface area contributed by atoms with Crippen LogP contribution in [-0.4, -0.2) is 33.3 Å². The largest absolute Gasteiger partial charge is 0.542 e. The molecule has 0 spiro atoms. The Morgan fingerprint density at radius 3 is 0.398 bits per heavy atom. The van der Waals surface area contributed by atoms with Crippen molar-refractivity contribution in [3.63, 3.8) is 0 Å². The van der Waals surface area contributed by atoms with Crippen LogP contribution in [0.2, 0.25) is 0 Å². The van der Waals surface area contributed by atoms with Crippen molar-refractivity contribution in [1.29, 1.82) is 0 Å². The van der Waals surface area contributed by atoms with Crippen LogP contribution in [0, 0.1) is 0 Å². The van der Waals surface area contributed by atoms with Gasteiger partial charge in [0.1, 0.15) is 23.0 Å². The lowest BCUT2D eigenvalue weighted by molar-refractivity contribution is 0.520. The van der Waals surface area contributed by atoms with Crippen LogP contribution < -0.4 is 17.7 Å². The minimum absolute atomic E-state index is 0.222. The Hall–Kier alpha value is -10.5. The first kappa shape index (κ1) is 86.0. The van der Waals surface area contributed by atoms with Gasteiger partial charge in [-0.1, -0.05) is 388 Å². The van der Waals surface area contributed by atoms with Gasteiger partial charge in [-0.2, -0.15) is 0 Å². The van der Waals surface area contributed by atoms with Crippen LogP contribution in [0.5, 0.6) is 23.0 Å². The van der Waals surface area contributed by atoms with Crippen LogP contribution in [0.25, 0.3) is 0 Å². The highest BCUT2D eigenvalue weighted by molar-refractivity contribution is 9.11. The number of halogens is 4. The Balaban J connectivity index is 0.857. The summed E-state index contributed by atoms with van der Waals surface area (Å²) in [5.74, 6) is 2.90. The van der Waals surface area contributed by atoms with Gasteiger partial charge in [0, 0.05) is 84.4 Å². The molecule has 0 N–H and O–H groups in total. The van der Waals surface area contributed by atoms with Gasteiger partial charge in [0.05, 0.1) is 17.9 Å². The van der Waals surface area contributed by atoms with E-state index in [9.17, 15) is 0 Å². The van der Waals surface area contributed by atoms with Crippen molar-refractivity contribution in [2.75, 3.05) is 0 Å². The van der Waals surface area contributed by atoms with E-state index >= 15 is 0 Å². The molecule has 612 valence electrons. The van der Waals surface area contributed by atoms with Crippen molar-refractivity contribution in [2.45, 2.75) is 90.8 Å². The smallest absolute Gasteiger partial charge is 0.264 e. The van der Waals surface area contributed by atoms with Gasteiger partial charge in [0.25, 0.3) is 33.3 Å². The van der Waals surface area contributed by atoms with Crippen molar-refractivity contribution < 1.29 is 17.7 Å². The summed E-state index contributed by atoms with van der Waals surface area (Å²) < 4.78 is 35.5. The molecule has 0 radical (unpaired) electrons. The first-order valence-corrected chi connectivity index (χ1v) is 56.0. The van der Waals surface area contributed by atoms with Crippen LogP contribution in [0.1, 0.15) is 107 Å². The third-order valence-electron chi connectivity index (χ3n) is 23.6. The molecule has 0 aromatic heterocycles. The molecule has 0 unspecified atom stereocenters. The quantitative estimate of drug-likeness (QED) is 0.0362. The third-order valence-corrected chi connectivity index (χ3v) is 41.4. The maximum atomic E-state index is 7.97. The molecule has 0 atom stereocenters. The maximum Gasteiger partial charge on any atom is 0.264 e. The van der Waals surface area contributed by atoms with Crippen molar-refractivity contribution in [2.24, 2.45) is 0 Å². The highest BCUT2D eigenvalue weighted by Crippen LogP contribution is 2.47. The summed E-state index contributed by atoms with van der Waals surface area (Å²) in [5, 5.41) is 0. The van der Waals surface area contributed by atoms with E-state index in [1.54, 1.807) is 0 Å². The predicted octanol–water partition coefficient (Wildman–Crippen LogP) is 28.8. The van der Waals surface area contributed by atoms with Crippen molar-refractivity contribution in [3.8, 4) is 23.0 Å². The molecule has 0 heterocycles. The van der Waals surface area contributed by atoms with E-state index in [1.807, 2.05) is 0 Å². The molecule has 0 aliphatic carbocycles. The zero-order chi connectivity index (χ0) is 83.9. The Bertz CT molecular complexity index is 4840. The Morgan fingerprint density at radius 2 is 0.285 bits per heavy atom. The van der Waals surface area contributed by atoms with Crippen LogP contribution in [0.15, 0.2) is 455 Å². The molecule has 0 fully saturated rings. The van der Waals surface area contributed by atoms with Gasteiger partial charge in [-0.3, -0.25) is 0 Å². The first-order valence-electron chi connectivity index (χ1n) is 42.7. The molecule has 16 aromatic rings. The molecule has 0 saturated carbocycles. The van der Waals surface area contributed by atoms with E-state index in [0.29, 0.717) is 6.42 Å². The van der Waals surface area contributed by atoms with E-state index in [2.05, 4.69) is 500 Å². The Kier molecular flexibility index (Phi) is 29.2. The van der Waals surface area contributed by atoms with Crippen LogP contribution in [-0.2, 0) is 72.5 Å². The second-order valence-electron chi connectivity index (χ2n) is 33.2. The highest BCUT2D eigenvalue weighted by Gasteiger charge is 2.44. The summed E-state index contributed by atoms with van der Waals surface area (Å²) in [6.45, 7) is 0. The third kappa shape index (κ3) is 23.7. The number of rotatable bonds is 38. The fourth-order valence-corrected chi connectivity index (χ4v) is 37.4.